The first kappa shape index (κ1) is 20.3. The predicted octanol–water partition coefficient (Wildman–Crippen LogP) is 2.74. The Labute approximate surface area is 166 Å². The third-order valence-corrected chi connectivity index (χ3v) is 3.19. The normalized spacial score (nSPS) is 9.46. The first-order valence-electron chi connectivity index (χ1n) is 7.22. The van der Waals surface area contributed by atoms with E-state index >= 15 is 0 Å². The third kappa shape index (κ3) is 5.39. The molecule has 1 radical (unpaired) electrons. The van der Waals surface area contributed by atoms with Crippen LogP contribution >= 0.6 is 0 Å². The van der Waals surface area contributed by atoms with E-state index < -0.39 is 5.69 Å². The zero-order valence-corrected chi connectivity index (χ0v) is 16.8. The number of nitrogens with one attached hydrogen (secondary N) is 1. The third-order valence-electron chi connectivity index (χ3n) is 3.19. The Kier molecular flexibility index (Phi) is 8.03. The molecule has 0 spiro atoms. The van der Waals surface area contributed by atoms with E-state index in [-0.39, 0.29) is 38.3 Å². The number of hydrogen-bond acceptors (Lipinski definition) is 2. The van der Waals surface area contributed by atoms with Crippen molar-refractivity contribution in [3.05, 3.63) is 98.3 Å². The van der Waals surface area contributed by atoms with Crippen LogP contribution in [0.1, 0.15) is 16.8 Å². The van der Waals surface area contributed by atoms with E-state index in [0.29, 0.717) is 11.4 Å². The summed E-state index contributed by atoms with van der Waals surface area (Å²) < 4.78 is 1.12. The Balaban J connectivity index is 0.000000349. The van der Waals surface area contributed by atoms with Crippen LogP contribution in [-0.2, 0) is 32.7 Å². The van der Waals surface area contributed by atoms with Gasteiger partial charge in [0, 0.05) is 44.5 Å². The molecule has 0 saturated carbocycles. The molecule has 3 rings (SSSR count). The fourth-order valence-corrected chi connectivity index (χ4v) is 2.16. The summed E-state index contributed by atoms with van der Waals surface area (Å²) in [5.41, 5.74) is 2.23. The van der Waals surface area contributed by atoms with E-state index in [1.165, 1.54) is 6.07 Å². The van der Waals surface area contributed by atoms with Crippen molar-refractivity contribution in [2.75, 3.05) is 0 Å². The molecule has 0 aliphatic carbocycles. The van der Waals surface area contributed by atoms with E-state index in [4.69, 9.17) is 0 Å². The summed E-state index contributed by atoms with van der Waals surface area (Å²) in [6.07, 6.45) is 0. The number of H-pyrrole nitrogens is 1. The molecule has 4 nitrogen and oxygen atoms in total. The number of nitrogens with zero attached hydrogens (tertiary/aromatic N) is 1. The molecule has 0 aliphatic rings. The van der Waals surface area contributed by atoms with Crippen molar-refractivity contribution in [3.8, 4) is 5.69 Å². The van der Waals surface area contributed by atoms with E-state index in [1.807, 2.05) is 50.2 Å². The summed E-state index contributed by atoms with van der Waals surface area (Å²) in [4.78, 5) is 26.2. The molecule has 1 aromatic heterocycles. The van der Waals surface area contributed by atoms with Gasteiger partial charge < -0.3 is 4.98 Å². The molecule has 0 aliphatic heterocycles. The Hall–Kier alpha value is -1.78. The van der Waals surface area contributed by atoms with Gasteiger partial charge in [0.05, 0.1) is 0 Å². The second-order valence-corrected chi connectivity index (χ2v) is 5.19. The summed E-state index contributed by atoms with van der Waals surface area (Å²) in [7, 11) is 0. The first-order valence-corrected chi connectivity index (χ1v) is 7.22. The fraction of sp³-hybridized carbons (Fsp3) is 0.158. The molecular formula is C19H18N2O2Y-2. The van der Waals surface area contributed by atoms with Gasteiger partial charge in [-0.3, -0.25) is 9.36 Å². The van der Waals surface area contributed by atoms with Crippen molar-refractivity contribution >= 4 is 0 Å². The molecule has 24 heavy (non-hydrogen) atoms. The van der Waals surface area contributed by atoms with Crippen LogP contribution in [-0.4, -0.2) is 9.55 Å². The van der Waals surface area contributed by atoms with Crippen LogP contribution in [0.5, 0.6) is 0 Å². The molecule has 0 unspecified atom stereocenters. The van der Waals surface area contributed by atoms with Crippen molar-refractivity contribution in [1.82, 2.24) is 9.55 Å². The molecule has 0 saturated heterocycles. The van der Waals surface area contributed by atoms with Crippen LogP contribution in [0.25, 0.3) is 5.69 Å². The quantitative estimate of drug-likeness (QED) is 0.645. The van der Waals surface area contributed by atoms with Crippen LogP contribution in [0, 0.1) is 32.9 Å². The van der Waals surface area contributed by atoms with Crippen LogP contribution < -0.4 is 11.2 Å². The van der Waals surface area contributed by atoms with Gasteiger partial charge in [-0.05, 0) is 6.92 Å². The smallest absolute Gasteiger partial charge is 0.312 e. The standard InChI is InChI=1S/C13H13N2O2.C6H5.Y/c1-8-4-5-11(9(2)6-8)15-12(16)7-10(3)14-13(15)17;1-2-4-6-5-3-1;/h5-7H,1-3H3,(H,14,17);1-5H;/q2*-1;. The Morgan fingerprint density at radius 3 is 2.12 bits per heavy atom. The summed E-state index contributed by atoms with van der Waals surface area (Å²) in [5.74, 6) is 0. The van der Waals surface area contributed by atoms with Gasteiger partial charge in [-0.25, -0.2) is 4.79 Å². The molecule has 0 amide bonds. The number of aromatic amines is 1. The van der Waals surface area contributed by atoms with Crippen molar-refractivity contribution in [2.45, 2.75) is 20.8 Å². The Morgan fingerprint density at radius 2 is 1.67 bits per heavy atom. The maximum atomic E-state index is 11.8. The number of aromatic nitrogens is 2. The predicted molar refractivity (Wildman–Crippen MR) is 91.0 cm³/mol. The minimum Gasteiger partial charge on any atom is -0.312 e. The molecule has 0 bridgehead atoms. The second-order valence-electron chi connectivity index (χ2n) is 5.19. The average Bonchev–Trinajstić information content (AvgIpc) is 2.51. The molecule has 5 heteroatoms. The van der Waals surface area contributed by atoms with Crippen LogP contribution in [0.4, 0.5) is 0 Å². The minimum absolute atomic E-state index is 0. The maximum Gasteiger partial charge on any atom is 0.321 e. The van der Waals surface area contributed by atoms with E-state index in [9.17, 15) is 9.59 Å². The Morgan fingerprint density at radius 1 is 1.00 bits per heavy atom. The molecule has 0 atom stereocenters. The van der Waals surface area contributed by atoms with Crippen molar-refractivity contribution < 1.29 is 32.7 Å². The molecule has 1 N–H and O–H groups in total. The van der Waals surface area contributed by atoms with E-state index in [0.717, 1.165) is 15.7 Å². The van der Waals surface area contributed by atoms with Gasteiger partial charge >= 0.3 is 5.69 Å². The van der Waals surface area contributed by atoms with Gasteiger partial charge in [-0.15, -0.1) is 5.56 Å². The summed E-state index contributed by atoms with van der Waals surface area (Å²) in [6, 6.07) is 20.5. The van der Waals surface area contributed by atoms with Gasteiger partial charge in [0.25, 0.3) is 0 Å². The number of benzene rings is 2. The van der Waals surface area contributed by atoms with Crippen LogP contribution in [0.3, 0.4) is 0 Å². The molecule has 2 aromatic carbocycles. The topological polar surface area (TPSA) is 54.9 Å². The van der Waals surface area contributed by atoms with Gasteiger partial charge in [-0.1, -0.05) is 19.5 Å². The summed E-state index contributed by atoms with van der Waals surface area (Å²) in [6.45, 7) is 5.46. The largest absolute Gasteiger partial charge is 0.321 e. The van der Waals surface area contributed by atoms with Crippen molar-refractivity contribution in [2.24, 2.45) is 0 Å². The number of rotatable bonds is 1. The van der Waals surface area contributed by atoms with Gasteiger partial charge in [0.1, 0.15) is 0 Å². The van der Waals surface area contributed by atoms with Crippen molar-refractivity contribution in [1.29, 1.82) is 0 Å². The molecule has 121 valence electrons. The summed E-state index contributed by atoms with van der Waals surface area (Å²) >= 11 is 0. The maximum absolute atomic E-state index is 11.8. The number of aryl methyl sites for hydroxylation is 3. The summed E-state index contributed by atoms with van der Waals surface area (Å²) in [5, 5.41) is 0. The monoisotopic (exact) mass is 395 g/mol. The fourth-order valence-electron chi connectivity index (χ4n) is 2.16. The SMILES string of the molecule is Cc1[c-]cc(-n2c(=O)cc(C)[nH]c2=O)c(C)c1.[Y].[c-]1ccccc1. The van der Waals surface area contributed by atoms with Gasteiger partial charge in [0.15, 0.2) is 0 Å². The minimum atomic E-state index is -0.421. The van der Waals surface area contributed by atoms with E-state index in [1.54, 1.807) is 13.0 Å². The van der Waals surface area contributed by atoms with Crippen molar-refractivity contribution in [3.63, 3.8) is 0 Å². The van der Waals surface area contributed by atoms with E-state index in [2.05, 4.69) is 17.1 Å². The molecule has 1 heterocycles. The number of hydrogen-bond donors (Lipinski definition) is 1. The van der Waals surface area contributed by atoms with Gasteiger partial charge in [-0.2, -0.15) is 60.2 Å². The first-order chi connectivity index (χ1) is 11.0. The molecule has 0 fully saturated rings. The van der Waals surface area contributed by atoms with Crippen LogP contribution in [0.2, 0.25) is 0 Å². The molecule has 3 aromatic rings. The average molecular weight is 395 g/mol. The van der Waals surface area contributed by atoms with Gasteiger partial charge in [0.2, 0.25) is 5.56 Å². The van der Waals surface area contributed by atoms with Crippen LogP contribution in [0.15, 0.2) is 58.1 Å². The zero-order chi connectivity index (χ0) is 16.8. The zero-order valence-electron chi connectivity index (χ0n) is 14.0. The second kappa shape index (κ2) is 9.50. The Bertz CT molecular complexity index is 841. The molecular weight excluding hydrogens is 377 g/mol.